The minimum Gasteiger partial charge on any atom is -0.508 e. The summed E-state index contributed by atoms with van der Waals surface area (Å²) >= 11 is 1.27. The summed E-state index contributed by atoms with van der Waals surface area (Å²) in [5.41, 5.74) is 2.52. The van der Waals surface area contributed by atoms with Crippen LogP contribution in [-0.4, -0.2) is 21.1 Å². The average molecular weight is 503 g/mol. The summed E-state index contributed by atoms with van der Waals surface area (Å²) in [4.78, 5) is 20.1. The predicted molar refractivity (Wildman–Crippen MR) is 139 cm³/mol. The molecule has 4 nitrogen and oxygen atoms in total. The Kier molecular flexibility index (Phi) is 8.13. The van der Waals surface area contributed by atoms with Crippen molar-refractivity contribution in [3.8, 4) is 5.75 Å². The third-order valence-corrected chi connectivity index (χ3v) is 6.42. The molecule has 0 heterocycles. The summed E-state index contributed by atoms with van der Waals surface area (Å²) in [6, 6.07) is 26.9. The molecule has 4 rings (SSSR count). The largest absolute Gasteiger partial charge is 0.508 e. The van der Waals surface area contributed by atoms with Crippen LogP contribution in [0.4, 0.5) is 8.78 Å². The molecule has 7 heteroatoms. The fourth-order valence-electron chi connectivity index (χ4n) is 3.49. The lowest BCUT2D eigenvalue weighted by Gasteiger charge is -2.26. The van der Waals surface area contributed by atoms with Crippen LogP contribution < -0.4 is 0 Å². The van der Waals surface area contributed by atoms with Crippen LogP contribution in [0.1, 0.15) is 27.0 Å². The molecular weight excluding hydrogens is 478 g/mol. The van der Waals surface area contributed by atoms with Gasteiger partial charge < -0.3 is 10.0 Å². The van der Waals surface area contributed by atoms with Gasteiger partial charge in [-0.05, 0) is 60.5 Å². The highest BCUT2D eigenvalue weighted by Crippen LogP contribution is 2.26. The van der Waals surface area contributed by atoms with E-state index in [4.69, 9.17) is 0 Å². The molecule has 0 atom stereocenters. The minimum absolute atomic E-state index is 0.146. The number of phenols is 1. The first-order chi connectivity index (χ1) is 17.4. The molecule has 1 amide bonds. The number of aromatic hydroxyl groups is 1. The fraction of sp³-hybridized carbons (Fsp3) is 0.103. The molecule has 0 aliphatic heterocycles. The summed E-state index contributed by atoms with van der Waals surface area (Å²) in [7, 11) is 0. The second kappa shape index (κ2) is 11.6. The van der Waals surface area contributed by atoms with Gasteiger partial charge in [0.15, 0.2) is 5.17 Å². The van der Waals surface area contributed by atoms with Gasteiger partial charge in [0.1, 0.15) is 17.4 Å². The summed E-state index contributed by atoms with van der Waals surface area (Å²) in [6.45, 7) is 2.76. The molecule has 0 aliphatic rings. The molecule has 0 saturated heterocycles. The Morgan fingerprint density at radius 3 is 2.17 bits per heavy atom. The highest BCUT2D eigenvalue weighted by molar-refractivity contribution is 8.13. The lowest BCUT2D eigenvalue weighted by Crippen LogP contribution is -2.29. The number of halogens is 2. The van der Waals surface area contributed by atoms with Crippen LogP contribution in [0.2, 0.25) is 0 Å². The van der Waals surface area contributed by atoms with Gasteiger partial charge in [-0.1, -0.05) is 71.9 Å². The van der Waals surface area contributed by atoms with Crippen LogP contribution in [0.3, 0.4) is 0 Å². The van der Waals surface area contributed by atoms with E-state index in [2.05, 4.69) is 4.99 Å². The zero-order valence-corrected chi connectivity index (χ0v) is 20.4. The summed E-state index contributed by atoms with van der Waals surface area (Å²) in [5, 5.41) is 10.0. The SMILES string of the molecule is Cc1ccc(SC(=NC(=O)c2cc(F)ccc2F)N(Cc2ccccc2)Cc2ccc(O)cc2)cc1. The first kappa shape index (κ1) is 25.1. The maximum Gasteiger partial charge on any atom is 0.282 e. The number of hydrogen-bond acceptors (Lipinski definition) is 3. The summed E-state index contributed by atoms with van der Waals surface area (Å²) < 4.78 is 28.2. The topological polar surface area (TPSA) is 52.9 Å². The van der Waals surface area contributed by atoms with Crippen LogP contribution in [0.25, 0.3) is 0 Å². The molecule has 36 heavy (non-hydrogen) atoms. The van der Waals surface area contributed by atoms with E-state index in [-0.39, 0.29) is 5.75 Å². The molecule has 0 radical (unpaired) electrons. The van der Waals surface area contributed by atoms with Crippen molar-refractivity contribution in [2.75, 3.05) is 0 Å². The summed E-state index contributed by atoms with van der Waals surface area (Å²) in [6.07, 6.45) is 0. The zero-order chi connectivity index (χ0) is 25.5. The van der Waals surface area contributed by atoms with Crippen molar-refractivity contribution in [1.29, 1.82) is 0 Å². The first-order valence-electron chi connectivity index (χ1n) is 11.3. The van der Waals surface area contributed by atoms with Crippen molar-refractivity contribution in [2.24, 2.45) is 4.99 Å². The van der Waals surface area contributed by atoms with E-state index < -0.39 is 23.1 Å². The van der Waals surface area contributed by atoms with Crippen molar-refractivity contribution in [1.82, 2.24) is 4.90 Å². The van der Waals surface area contributed by atoms with Crippen LogP contribution in [0.5, 0.6) is 5.75 Å². The predicted octanol–water partition coefficient (Wildman–Crippen LogP) is 6.97. The monoisotopic (exact) mass is 502 g/mol. The minimum atomic E-state index is -0.870. The van der Waals surface area contributed by atoms with Crippen LogP contribution >= 0.6 is 11.8 Å². The lowest BCUT2D eigenvalue weighted by molar-refractivity contribution is 0.0997. The molecule has 0 unspecified atom stereocenters. The highest BCUT2D eigenvalue weighted by atomic mass is 32.2. The fourth-order valence-corrected chi connectivity index (χ4v) is 4.36. The molecule has 0 fully saturated rings. The van der Waals surface area contributed by atoms with Gasteiger partial charge in [-0.15, -0.1) is 0 Å². The van der Waals surface area contributed by atoms with E-state index in [0.717, 1.165) is 39.8 Å². The standard InChI is InChI=1S/C29H24F2N2O2S/c1-20-7-14-25(15-8-20)36-29(32-28(35)26-17-23(30)11-16-27(26)31)33(18-21-5-3-2-4-6-21)19-22-9-12-24(34)13-10-22/h2-17,34H,18-19H2,1H3. The number of phenolic OH excluding ortho intramolecular Hbond substituents is 1. The van der Waals surface area contributed by atoms with Crippen molar-refractivity contribution >= 4 is 22.8 Å². The van der Waals surface area contributed by atoms with Crippen LogP contribution in [0, 0.1) is 18.6 Å². The Morgan fingerprint density at radius 2 is 1.50 bits per heavy atom. The van der Waals surface area contributed by atoms with Gasteiger partial charge in [0.25, 0.3) is 5.91 Å². The normalized spacial score (nSPS) is 11.4. The van der Waals surface area contributed by atoms with Gasteiger partial charge in [0.2, 0.25) is 0 Å². The number of amides is 1. The Bertz CT molecular complexity index is 1360. The zero-order valence-electron chi connectivity index (χ0n) is 19.6. The van der Waals surface area contributed by atoms with Crippen LogP contribution in [-0.2, 0) is 13.1 Å². The Morgan fingerprint density at radius 1 is 0.861 bits per heavy atom. The van der Waals surface area contributed by atoms with Crippen molar-refractivity contribution < 1.29 is 18.7 Å². The molecule has 182 valence electrons. The molecule has 4 aromatic carbocycles. The van der Waals surface area contributed by atoms with Crippen LogP contribution in [0.15, 0.2) is 107 Å². The molecule has 4 aromatic rings. The number of aliphatic imine (C=N–C) groups is 1. The van der Waals surface area contributed by atoms with Gasteiger partial charge in [-0.2, -0.15) is 4.99 Å². The van der Waals surface area contributed by atoms with Crippen molar-refractivity contribution in [3.63, 3.8) is 0 Å². The molecule has 0 saturated carbocycles. The first-order valence-corrected chi connectivity index (χ1v) is 12.1. The number of aryl methyl sites for hydroxylation is 1. The van der Waals surface area contributed by atoms with E-state index in [1.165, 1.54) is 11.8 Å². The molecule has 0 aliphatic carbocycles. The number of carbonyl (C=O) groups excluding carboxylic acids is 1. The Hall–Kier alpha value is -3.97. The molecule has 0 aromatic heterocycles. The van der Waals surface area contributed by atoms with E-state index in [0.29, 0.717) is 18.3 Å². The molecule has 1 N–H and O–H groups in total. The van der Waals surface area contributed by atoms with Gasteiger partial charge >= 0.3 is 0 Å². The third kappa shape index (κ3) is 6.79. The molecular formula is C29H24F2N2O2S. The third-order valence-electron chi connectivity index (χ3n) is 5.38. The highest BCUT2D eigenvalue weighted by Gasteiger charge is 2.19. The maximum absolute atomic E-state index is 14.4. The Balaban J connectivity index is 1.76. The number of thioether (sulfide) groups is 1. The summed E-state index contributed by atoms with van der Waals surface area (Å²) in [5.74, 6) is -2.27. The van der Waals surface area contributed by atoms with E-state index >= 15 is 0 Å². The number of hydrogen-bond donors (Lipinski definition) is 1. The molecule has 0 spiro atoms. The van der Waals surface area contributed by atoms with E-state index in [1.54, 1.807) is 24.3 Å². The Labute approximate surface area is 212 Å². The van der Waals surface area contributed by atoms with Gasteiger partial charge in [0.05, 0.1) is 5.56 Å². The maximum atomic E-state index is 14.4. The van der Waals surface area contributed by atoms with Crippen molar-refractivity contribution in [2.45, 2.75) is 24.9 Å². The number of carbonyl (C=O) groups is 1. The number of benzene rings is 4. The van der Waals surface area contributed by atoms with E-state index in [9.17, 15) is 18.7 Å². The molecule has 0 bridgehead atoms. The second-order valence-corrected chi connectivity index (χ2v) is 9.29. The van der Waals surface area contributed by atoms with Gasteiger partial charge in [0, 0.05) is 18.0 Å². The average Bonchev–Trinajstić information content (AvgIpc) is 2.88. The second-order valence-electron chi connectivity index (χ2n) is 8.25. The van der Waals surface area contributed by atoms with Gasteiger partial charge in [-0.25, -0.2) is 8.78 Å². The smallest absolute Gasteiger partial charge is 0.282 e. The van der Waals surface area contributed by atoms with E-state index in [1.807, 2.05) is 66.4 Å². The van der Waals surface area contributed by atoms with Gasteiger partial charge in [-0.3, -0.25) is 4.79 Å². The quantitative estimate of drug-likeness (QED) is 0.176. The number of amidine groups is 1. The van der Waals surface area contributed by atoms with Crippen molar-refractivity contribution in [3.05, 3.63) is 131 Å². The number of nitrogens with zero attached hydrogens (tertiary/aromatic N) is 2. The lowest BCUT2D eigenvalue weighted by atomic mass is 10.1. The number of rotatable bonds is 6.